The van der Waals surface area contributed by atoms with Crippen molar-refractivity contribution in [2.45, 2.75) is 19.4 Å². The monoisotopic (exact) mass is 277 g/mol. The molecule has 0 aliphatic carbocycles. The number of anilines is 1. The van der Waals surface area contributed by atoms with Crippen LogP contribution in [0, 0.1) is 6.92 Å². The highest BCUT2D eigenvalue weighted by Gasteiger charge is 2.42. The summed E-state index contributed by atoms with van der Waals surface area (Å²) in [6.07, 6.45) is 0. The number of hydrogen-bond donors (Lipinski definition) is 1. The SMILES string of the molecule is COC(=O)C(C)(O)CN1C(=O)C(=O)c2cc(C)ccc21. The molecule has 0 fully saturated rings. The number of β-amino-alcohol motifs (C(OH)–C–C–N with tert-alkyl or cyclic N) is 1. The van der Waals surface area contributed by atoms with Crippen molar-refractivity contribution in [1.29, 1.82) is 0 Å². The molecule has 1 unspecified atom stereocenters. The third kappa shape index (κ3) is 2.18. The first-order valence-electron chi connectivity index (χ1n) is 6.05. The second-order valence-corrected chi connectivity index (χ2v) is 5.01. The number of fused-ring (bicyclic) bond motifs is 1. The van der Waals surface area contributed by atoms with Crippen molar-refractivity contribution in [2.75, 3.05) is 18.6 Å². The maximum atomic E-state index is 12.0. The van der Waals surface area contributed by atoms with E-state index in [0.29, 0.717) is 5.69 Å². The largest absolute Gasteiger partial charge is 0.467 e. The Morgan fingerprint density at radius 1 is 1.40 bits per heavy atom. The van der Waals surface area contributed by atoms with Gasteiger partial charge in [0.2, 0.25) is 0 Å². The fourth-order valence-corrected chi connectivity index (χ4v) is 2.16. The average molecular weight is 277 g/mol. The van der Waals surface area contributed by atoms with Crippen molar-refractivity contribution in [3.63, 3.8) is 0 Å². The van der Waals surface area contributed by atoms with Gasteiger partial charge in [0.1, 0.15) is 0 Å². The smallest absolute Gasteiger partial charge is 0.339 e. The summed E-state index contributed by atoms with van der Waals surface area (Å²) in [5.74, 6) is -2.25. The molecule has 6 heteroatoms. The normalized spacial score (nSPS) is 16.9. The molecule has 106 valence electrons. The maximum absolute atomic E-state index is 12.0. The van der Waals surface area contributed by atoms with Crippen LogP contribution in [-0.4, -0.2) is 42.0 Å². The minimum atomic E-state index is -1.88. The first-order valence-corrected chi connectivity index (χ1v) is 6.05. The summed E-state index contributed by atoms with van der Waals surface area (Å²) in [6.45, 7) is 2.72. The molecule has 0 radical (unpaired) electrons. The Bertz CT molecular complexity index is 606. The highest BCUT2D eigenvalue weighted by atomic mass is 16.5. The van der Waals surface area contributed by atoms with Gasteiger partial charge >= 0.3 is 5.97 Å². The van der Waals surface area contributed by atoms with Crippen LogP contribution in [0.2, 0.25) is 0 Å². The van der Waals surface area contributed by atoms with Crippen LogP contribution in [0.25, 0.3) is 0 Å². The molecule has 1 atom stereocenters. The molecule has 1 aliphatic heterocycles. The fraction of sp³-hybridized carbons (Fsp3) is 0.357. The molecule has 0 saturated heterocycles. The number of ketones is 1. The summed E-state index contributed by atoms with van der Waals surface area (Å²) in [5.41, 5.74) is -0.339. The molecule has 2 rings (SSSR count). The van der Waals surface area contributed by atoms with Gasteiger partial charge in [0, 0.05) is 0 Å². The number of nitrogens with zero attached hydrogens (tertiary/aromatic N) is 1. The number of methoxy groups -OCH3 is 1. The molecule has 1 aromatic carbocycles. The van der Waals surface area contributed by atoms with Crippen LogP contribution in [0.1, 0.15) is 22.8 Å². The van der Waals surface area contributed by atoms with Crippen LogP contribution < -0.4 is 4.90 Å². The van der Waals surface area contributed by atoms with Crippen molar-refractivity contribution in [1.82, 2.24) is 0 Å². The lowest BCUT2D eigenvalue weighted by atomic mass is 10.1. The Hall–Kier alpha value is -2.21. The summed E-state index contributed by atoms with van der Waals surface area (Å²) >= 11 is 0. The number of benzene rings is 1. The molecular weight excluding hydrogens is 262 g/mol. The average Bonchev–Trinajstić information content (AvgIpc) is 2.62. The van der Waals surface area contributed by atoms with Crippen LogP contribution in [0.15, 0.2) is 18.2 Å². The van der Waals surface area contributed by atoms with Gasteiger partial charge in [0.05, 0.1) is 24.9 Å². The standard InChI is InChI=1S/C14H15NO5/c1-8-4-5-10-9(6-8)11(16)12(17)15(10)7-14(2,19)13(18)20-3/h4-6,19H,7H2,1-3H3. The number of carbonyl (C=O) groups excluding carboxylic acids is 3. The molecular formula is C14H15NO5. The number of aryl methyl sites for hydroxylation is 1. The van der Waals surface area contributed by atoms with Gasteiger partial charge in [-0.15, -0.1) is 0 Å². The molecule has 1 amide bonds. The van der Waals surface area contributed by atoms with E-state index in [1.807, 2.05) is 6.92 Å². The molecule has 0 aromatic heterocycles. The Morgan fingerprint density at radius 3 is 2.65 bits per heavy atom. The molecule has 20 heavy (non-hydrogen) atoms. The van der Waals surface area contributed by atoms with Gasteiger partial charge in [-0.1, -0.05) is 11.6 Å². The third-order valence-corrected chi connectivity index (χ3v) is 3.22. The van der Waals surface area contributed by atoms with Gasteiger partial charge in [-0.25, -0.2) is 4.79 Å². The van der Waals surface area contributed by atoms with Crippen molar-refractivity contribution in [3.05, 3.63) is 29.3 Å². The highest BCUT2D eigenvalue weighted by Crippen LogP contribution is 2.31. The van der Waals surface area contributed by atoms with E-state index >= 15 is 0 Å². The molecule has 0 spiro atoms. The molecule has 1 heterocycles. The Morgan fingerprint density at radius 2 is 2.05 bits per heavy atom. The third-order valence-electron chi connectivity index (χ3n) is 3.22. The first-order chi connectivity index (χ1) is 9.27. The van der Waals surface area contributed by atoms with Crippen LogP contribution >= 0.6 is 0 Å². The Balaban J connectivity index is 2.38. The zero-order chi connectivity index (χ0) is 15.1. The van der Waals surface area contributed by atoms with E-state index in [0.717, 1.165) is 17.6 Å². The molecule has 1 aliphatic rings. The van der Waals surface area contributed by atoms with E-state index in [9.17, 15) is 19.5 Å². The molecule has 1 N–H and O–H groups in total. The zero-order valence-electron chi connectivity index (χ0n) is 11.5. The predicted molar refractivity (Wildman–Crippen MR) is 70.5 cm³/mol. The fourth-order valence-electron chi connectivity index (χ4n) is 2.16. The maximum Gasteiger partial charge on any atom is 0.339 e. The number of ether oxygens (including phenoxy) is 1. The lowest BCUT2D eigenvalue weighted by Crippen LogP contribution is -2.49. The van der Waals surface area contributed by atoms with Crippen LogP contribution in [-0.2, 0) is 14.3 Å². The lowest BCUT2D eigenvalue weighted by Gasteiger charge is -2.26. The van der Waals surface area contributed by atoms with Gasteiger partial charge < -0.3 is 14.7 Å². The van der Waals surface area contributed by atoms with Gasteiger partial charge in [-0.05, 0) is 26.0 Å². The highest BCUT2D eigenvalue weighted by molar-refractivity contribution is 6.52. The minimum Gasteiger partial charge on any atom is -0.467 e. The Kier molecular flexibility index (Phi) is 3.35. The van der Waals surface area contributed by atoms with Gasteiger partial charge in [-0.2, -0.15) is 0 Å². The number of hydrogen-bond acceptors (Lipinski definition) is 5. The summed E-state index contributed by atoms with van der Waals surface area (Å²) in [5, 5.41) is 10.0. The van der Waals surface area contributed by atoms with Gasteiger partial charge in [0.15, 0.2) is 5.60 Å². The quantitative estimate of drug-likeness (QED) is 0.640. The van der Waals surface area contributed by atoms with E-state index < -0.39 is 23.3 Å². The van der Waals surface area contributed by atoms with E-state index in [1.54, 1.807) is 18.2 Å². The number of Topliss-reactive ketones (excluding diaryl/α,β-unsaturated/α-hetero) is 1. The summed E-state index contributed by atoms with van der Waals surface area (Å²) in [4.78, 5) is 36.5. The lowest BCUT2D eigenvalue weighted by molar-refractivity contribution is -0.159. The van der Waals surface area contributed by atoms with E-state index in [1.165, 1.54) is 6.92 Å². The second kappa shape index (κ2) is 4.72. The van der Waals surface area contributed by atoms with Crippen molar-refractivity contribution in [2.24, 2.45) is 0 Å². The van der Waals surface area contributed by atoms with Gasteiger partial charge in [0.25, 0.3) is 11.7 Å². The van der Waals surface area contributed by atoms with Crippen LogP contribution in [0.5, 0.6) is 0 Å². The van der Waals surface area contributed by atoms with Crippen LogP contribution in [0.3, 0.4) is 0 Å². The summed E-state index contributed by atoms with van der Waals surface area (Å²) < 4.78 is 4.48. The summed E-state index contributed by atoms with van der Waals surface area (Å²) in [7, 11) is 1.14. The Labute approximate surface area is 115 Å². The number of esters is 1. The number of rotatable bonds is 3. The summed E-state index contributed by atoms with van der Waals surface area (Å²) in [6, 6.07) is 4.99. The van der Waals surface area contributed by atoms with Crippen molar-refractivity contribution in [3.8, 4) is 0 Å². The van der Waals surface area contributed by atoms with E-state index in [4.69, 9.17) is 0 Å². The first kappa shape index (κ1) is 14.2. The van der Waals surface area contributed by atoms with E-state index in [-0.39, 0.29) is 12.1 Å². The predicted octanol–water partition coefficient (Wildman–Crippen LogP) is 0.448. The molecule has 6 nitrogen and oxygen atoms in total. The molecule has 0 saturated carbocycles. The second-order valence-electron chi connectivity index (χ2n) is 5.01. The number of aliphatic hydroxyl groups is 1. The van der Waals surface area contributed by atoms with E-state index in [2.05, 4.69) is 4.74 Å². The zero-order valence-corrected chi connectivity index (χ0v) is 11.5. The van der Waals surface area contributed by atoms with Crippen molar-refractivity contribution < 1.29 is 24.2 Å². The molecule has 1 aromatic rings. The van der Waals surface area contributed by atoms with Crippen LogP contribution in [0.4, 0.5) is 5.69 Å². The number of amides is 1. The minimum absolute atomic E-state index is 0.288. The number of carbonyl (C=O) groups is 3. The van der Waals surface area contributed by atoms with Gasteiger partial charge in [-0.3, -0.25) is 9.59 Å². The van der Waals surface area contributed by atoms with Crippen molar-refractivity contribution >= 4 is 23.3 Å². The molecule has 0 bridgehead atoms. The topological polar surface area (TPSA) is 83.9 Å².